The van der Waals surface area contributed by atoms with E-state index >= 15 is 0 Å². The van der Waals surface area contributed by atoms with Crippen LogP contribution in [0.25, 0.3) is 0 Å². The number of methoxy groups -OCH3 is 1. The van der Waals surface area contributed by atoms with Gasteiger partial charge in [-0.1, -0.05) is 11.6 Å². The van der Waals surface area contributed by atoms with Crippen LogP contribution in [0.1, 0.15) is 42.1 Å². The first-order valence-electron chi connectivity index (χ1n) is 10.7. The van der Waals surface area contributed by atoms with Crippen LogP contribution in [0.2, 0.25) is 5.02 Å². The lowest BCUT2D eigenvalue weighted by Gasteiger charge is -2.17. The molecule has 0 aromatic heterocycles. The first-order valence-corrected chi connectivity index (χ1v) is 12.5. The molecule has 178 valence electrons. The van der Waals surface area contributed by atoms with E-state index in [0.29, 0.717) is 30.1 Å². The van der Waals surface area contributed by atoms with Crippen LogP contribution in [0.15, 0.2) is 41.3 Å². The van der Waals surface area contributed by atoms with Crippen LogP contribution in [-0.2, 0) is 26.0 Å². The van der Waals surface area contributed by atoms with E-state index < -0.39 is 16.0 Å². The highest BCUT2D eigenvalue weighted by Crippen LogP contribution is 2.28. The summed E-state index contributed by atoms with van der Waals surface area (Å²) in [6.45, 7) is 2.97. The number of halogens is 1. The number of benzene rings is 2. The van der Waals surface area contributed by atoms with E-state index in [-0.39, 0.29) is 40.8 Å². The van der Waals surface area contributed by atoms with E-state index in [2.05, 4.69) is 5.32 Å². The maximum atomic E-state index is 12.9. The Morgan fingerprint density at radius 2 is 1.85 bits per heavy atom. The van der Waals surface area contributed by atoms with Gasteiger partial charge in [-0.15, -0.1) is 0 Å². The lowest BCUT2D eigenvalue weighted by molar-refractivity contribution is -0.116. The van der Waals surface area contributed by atoms with Gasteiger partial charge in [0, 0.05) is 25.2 Å². The van der Waals surface area contributed by atoms with Crippen molar-refractivity contribution >= 4 is 39.2 Å². The van der Waals surface area contributed by atoms with Crippen molar-refractivity contribution in [2.45, 2.75) is 37.5 Å². The number of nitrogens with zero attached hydrogens (tertiary/aromatic N) is 1. The van der Waals surface area contributed by atoms with E-state index in [4.69, 9.17) is 21.1 Å². The maximum absolute atomic E-state index is 12.9. The number of hydrogen-bond donors (Lipinski definition) is 1. The lowest BCUT2D eigenvalue weighted by Crippen LogP contribution is -2.28. The van der Waals surface area contributed by atoms with Crippen molar-refractivity contribution in [1.82, 2.24) is 4.31 Å². The number of sulfonamides is 1. The molecule has 0 aliphatic carbocycles. The van der Waals surface area contributed by atoms with Gasteiger partial charge >= 0.3 is 5.97 Å². The highest BCUT2D eigenvalue weighted by Gasteiger charge is 2.27. The monoisotopic (exact) mass is 494 g/mol. The predicted molar refractivity (Wildman–Crippen MR) is 125 cm³/mol. The van der Waals surface area contributed by atoms with Gasteiger partial charge in [0.25, 0.3) is 0 Å². The minimum Gasteiger partial charge on any atom is -0.496 e. The third-order valence-electron chi connectivity index (χ3n) is 5.32. The largest absolute Gasteiger partial charge is 0.496 e. The Morgan fingerprint density at radius 1 is 1.12 bits per heavy atom. The molecule has 1 N–H and O–H groups in total. The third-order valence-corrected chi connectivity index (χ3v) is 7.53. The normalized spacial score (nSPS) is 14.2. The lowest BCUT2D eigenvalue weighted by atomic mass is 10.1. The molecule has 3 rings (SSSR count). The van der Waals surface area contributed by atoms with E-state index in [1.807, 2.05) is 0 Å². The smallest absolute Gasteiger partial charge is 0.339 e. The van der Waals surface area contributed by atoms with E-state index in [1.54, 1.807) is 25.1 Å². The summed E-state index contributed by atoms with van der Waals surface area (Å²) in [5.74, 6) is -0.300. The summed E-state index contributed by atoms with van der Waals surface area (Å²) in [6, 6.07) is 9.26. The van der Waals surface area contributed by atoms with Crippen molar-refractivity contribution in [1.29, 1.82) is 0 Å². The van der Waals surface area contributed by atoms with Crippen molar-refractivity contribution < 1.29 is 27.5 Å². The predicted octanol–water partition coefficient (Wildman–Crippen LogP) is 3.88. The Morgan fingerprint density at radius 3 is 2.48 bits per heavy atom. The summed E-state index contributed by atoms with van der Waals surface area (Å²) in [4.78, 5) is 24.5. The van der Waals surface area contributed by atoms with Gasteiger partial charge in [0.15, 0.2) is 0 Å². The molecule has 33 heavy (non-hydrogen) atoms. The van der Waals surface area contributed by atoms with E-state index in [0.717, 1.165) is 12.8 Å². The minimum absolute atomic E-state index is 0.0980. The fraction of sp³-hybridized carbons (Fsp3) is 0.391. The molecule has 1 heterocycles. The van der Waals surface area contributed by atoms with Crippen molar-refractivity contribution in [3.8, 4) is 5.75 Å². The number of carbonyl (C=O) groups excluding carboxylic acids is 2. The van der Waals surface area contributed by atoms with Gasteiger partial charge < -0.3 is 14.8 Å². The summed E-state index contributed by atoms with van der Waals surface area (Å²) in [6.07, 6.45) is 2.09. The van der Waals surface area contributed by atoms with E-state index in [9.17, 15) is 18.0 Å². The number of aryl methyl sites for hydroxylation is 1. The SMILES string of the molecule is CCOC(=O)c1ccc(NC(=O)CCc2cc(S(=O)(=O)N3CCCC3)ccc2OC)cc1Cl. The molecule has 1 aliphatic heterocycles. The van der Waals surface area contributed by atoms with Gasteiger partial charge in [-0.3, -0.25) is 4.79 Å². The molecule has 0 bridgehead atoms. The molecule has 0 atom stereocenters. The Hall–Kier alpha value is -2.62. The Kier molecular flexibility index (Phi) is 8.34. The van der Waals surface area contributed by atoms with E-state index in [1.165, 1.54) is 29.6 Å². The van der Waals surface area contributed by atoms with Gasteiger partial charge in [-0.25, -0.2) is 13.2 Å². The Labute approximate surface area is 198 Å². The van der Waals surface area contributed by atoms with Gasteiger partial charge in [0.05, 0.1) is 29.2 Å². The van der Waals surface area contributed by atoms with Crippen molar-refractivity contribution in [2.75, 3.05) is 32.1 Å². The molecule has 8 nitrogen and oxygen atoms in total. The zero-order chi connectivity index (χ0) is 24.0. The van der Waals surface area contributed by atoms with Gasteiger partial charge in [0.2, 0.25) is 15.9 Å². The average molecular weight is 495 g/mol. The second-order valence-corrected chi connectivity index (χ2v) is 9.89. The molecule has 1 saturated heterocycles. The minimum atomic E-state index is -3.57. The molecule has 10 heteroatoms. The second-order valence-electron chi connectivity index (χ2n) is 7.55. The number of rotatable bonds is 9. The number of hydrogen-bond acceptors (Lipinski definition) is 6. The van der Waals surface area contributed by atoms with Crippen LogP contribution in [-0.4, -0.2) is 51.4 Å². The van der Waals surface area contributed by atoms with Crippen molar-refractivity contribution in [3.63, 3.8) is 0 Å². The van der Waals surface area contributed by atoms with Crippen LogP contribution in [0.4, 0.5) is 5.69 Å². The molecule has 0 radical (unpaired) electrons. The first kappa shape index (κ1) is 25.0. The summed E-state index contributed by atoms with van der Waals surface area (Å²) in [7, 11) is -2.07. The van der Waals surface area contributed by atoms with Crippen LogP contribution >= 0.6 is 11.6 Å². The fourth-order valence-corrected chi connectivity index (χ4v) is 5.45. The van der Waals surface area contributed by atoms with Crippen molar-refractivity contribution in [2.24, 2.45) is 0 Å². The molecule has 0 unspecified atom stereocenters. The third kappa shape index (κ3) is 6.04. The number of nitrogens with one attached hydrogen (secondary N) is 1. The number of ether oxygens (including phenoxy) is 2. The molecule has 1 amide bonds. The quantitative estimate of drug-likeness (QED) is 0.531. The van der Waals surface area contributed by atoms with Crippen LogP contribution < -0.4 is 10.1 Å². The summed E-state index contributed by atoms with van der Waals surface area (Å²) >= 11 is 6.14. The fourth-order valence-electron chi connectivity index (χ4n) is 3.63. The summed E-state index contributed by atoms with van der Waals surface area (Å²) in [5, 5.41) is 2.91. The topological polar surface area (TPSA) is 102 Å². The molecule has 1 fully saturated rings. The second kappa shape index (κ2) is 11.0. The van der Waals surface area contributed by atoms with Gasteiger partial charge in [0.1, 0.15) is 5.75 Å². The van der Waals surface area contributed by atoms with Crippen LogP contribution in [0.3, 0.4) is 0 Å². The highest BCUT2D eigenvalue weighted by atomic mass is 35.5. The number of amides is 1. The number of esters is 1. The molecule has 1 aliphatic rings. The standard InChI is InChI=1S/C23H27ClN2O6S/c1-3-32-23(28)19-9-7-17(15-20(19)24)25-22(27)11-6-16-14-18(8-10-21(16)31-2)33(29,30)26-12-4-5-13-26/h7-10,14-15H,3-6,11-13H2,1-2H3,(H,25,27). The number of carbonyl (C=O) groups is 2. The zero-order valence-electron chi connectivity index (χ0n) is 18.6. The van der Waals surface area contributed by atoms with Crippen LogP contribution in [0.5, 0.6) is 5.75 Å². The maximum Gasteiger partial charge on any atom is 0.339 e. The molecular weight excluding hydrogens is 468 g/mol. The molecule has 2 aromatic rings. The summed E-state index contributed by atoms with van der Waals surface area (Å²) < 4.78 is 37.5. The first-order chi connectivity index (χ1) is 15.8. The zero-order valence-corrected chi connectivity index (χ0v) is 20.2. The van der Waals surface area contributed by atoms with Crippen molar-refractivity contribution in [3.05, 3.63) is 52.5 Å². The number of anilines is 1. The molecule has 2 aromatic carbocycles. The Balaban J connectivity index is 1.68. The van der Waals surface area contributed by atoms with Gasteiger partial charge in [-0.05, 0) is 68.1 Å². The molecule has 0 saturated carbocycles. The highest BCUT2D eigenvalue weighted by molar-refractivity contribution is 7.89. The molecule has 0 spiro atoms. The summed E-state index contributed by atoms with van der Waals surface area (Å²) in [5.41, 5.74) is 1.29. The average Bonchev–Trinajstić information content (AvgIpc) is 3.33. The van der Waals surface area contributed by atoms with Crippen LogP contribution in [0, 0.1) is 0 Å². The molecular formula is C23H27ClN2O6S. The van der Waals surface area contributed by atoms with Gasteiger partial charge in [-0.2, -0.15) is 4.31 Å². The Bertz CT molecular complexity index is 1130.